The van der Waals surface area contributed by atoms with Crippen molar-refractivity contribution in [1.29, 1.82) is 0 Å². The molecule has 4 heteroatoms. The topological polar surface area (TPSA) is 42.0 Å². The third kappa shape index (κ3) is 3.14. The molecule has 1 aromatic heterocycles. The van der Waals surface area contributed by atoms with Gasteiger partial charge in [-0.25, -0.2) is 4.98 Å². The monoisotopic (exact) mass is 294 g/mol. The second-order valence-electron chi connectivity index (χ2n) is 6.76. The molecule has 0 aliphatic heterocycles. The molecule has 1 amide bonds. The number of carbonyl (C=O) groups excluding carboxylic acids is 1. The summed E-state index contributed by atoms with van der Waals surface area (Å²) in [6, 6.07) is 3.50. The van der Waals surface area contributed by atoms with E-state index in [1.54, 1.807) is 6.07 Å². The van der Waals surface area contributed by atoms with Crippen LogP contribution in [0.3, 0.4) is 0 Å². The van der Waals surface area contributed by atoms with Crippen molar-refractivity contribution in [1.82, 2.24) is 10.3 Å². The molecule has 2 rings (SSSR count). The fraction of sp³-hybridized carbons (Fsp3) is 0.625. The lowest BCUT2D eigenvalue weighted by Gasteiger charge is -2.42. The number of halogens is 1. The second-order valence-corrected chi connectivity index (χ2v) is 7.14. The number of rotatable bonds is 3. The molecule has 0 unspecified atom stereocenters. The van der Waals surface area contributed by atoms with Crippen LogP contribution in [0.1, 0.15) is 69.4 Å². The van der Waals surface area contributed by atoms with Crippen LogP contribution in [-0.2, 0) is 5.41 Å². The highest BCUT2D eigenvalue weighted by atomic mass is 35.5. The number of hydrogen-bond donors (Lipinski definition) is 1. The Morgan fingerprint density at radius 2 is 2.05 bits per heavy atom. The summed E-state index contributed by atoms with van der Waals surface area (Å²) in [5.74, 6) is -0.0404. The maximum Gasteiger partial charge on any atom is 0.251 e. The van der Waals surface area contributed by atoms with Crippen LogP contribution in [0.5, 0.6) is 0 Å². The van der Waals surface area contributed by atoms with Crippen LogP contribution in [0.25, 0.3) is 0 Å². The van der Waals surface area contributed by atoms with Gasteiger partial charge in [0, 0.05) is 22.2 Å². The Labute approximate surface area is 126 Å². The van der Waals surface area contributed by atoms with Crippen molar-refractivity contribution in [3.63, 3.8) is 0 Å². The van der Waals surface area contributed by atoms with E-state index in [-0.39, 0.29) is 16.9 Å². The maximum atomic E-state index is 12.4. The number of amides is 1. The Morgan fingerprint density at radius 3 is 2.50 bits per heavy atom. The molecule has 1 fully saturated rings. The van der Waals surface area contributed by atoms with Crippen molar-refractivity contribution < 1.29 is 4.79 Å². The third-order valence-corrected chi connectivity index (χ3v) is 4.38. The molecule has 1 aliphatic carbocycles. The summed E-state index contributed by atoms with van der Waals surface area (Å²) in [5.41, 5.74) is 1.32. The van der Waals surface area contributed by atoms with Gasteiger partial charge in [0.1, 0.15) is 5.15 Å². The van der Waals surface area contributed by atoms with E-state index >= 15 is 0 Å². The molecule has 0 atom stereocenters. The molecule has 3 nitrogen and oxygen atoms in total. The number of hydrogen-bond acceptors (Lipinski definition) is 2. The molecule has 20 heavy (non-hydrogen) atoms. The van der Waals surface area contributed by atoms with Gasteiger partial charge in [-0.2, -0.15) is 0 Å². The van der Waals surface area contributed by atoms with Crippen molar-refractivity contribution in [3.8, 4) is 0 Å². The molecule has 1 heterocycles. The molecule has 0 radical (unpaired) electrons. The van der Waals surface area contributed by atoms with E-state index < -0.39 is 0 Å². The zero-order valence-electron chi connectivity index (χ0n) is 12.7. The molecule has 0 spiro atoms. The predicted molar refractivity (Wildman–Crippen MR) is 82.3 cm³/mol. The molecule has 1 aliphatic rings. The van der Waals surface area contributed by atoms with E-state index in [4.69, 9.17) is 11.6 Å². The number of nitrogens with one attached hydrogen (secondary N) is 1. The van der Waals surface area contributed by atoms with Crippen LogP contribution < -0.4 is 5.32 Å². The molecule has 0 bridgehead atoms. The highest BCUT2D eigenvalue weighted by Crippen LogP contribution is 2.35. The van der Waals surface area contributed by atoms with Gasteiger partial charge in [0.15, 0.2) is 0 Å². The van der Waals surface area contributed by atoms with Gasteiger partial charge in [-0.15, -0.1) is 0 Å². The largest absolute Gasteiger partial charge is 0.347 e. The second kappa shape index (κ2) is 5.36. The van der Waals surface area contributed by atoms with Gasteiger partial charge in [-0.3, -0.25) is 4.79 Å². The summed E-state index contributed by atoms with van der Waals surface area (Å²) in [5, 5.41) is 3.55. The Morgan fingerprint density at radius 1 is 1.40 bits per heavy atom. The van der Waals surface area contributed by atoms with E-state index in [0.717, 1.165) is 25.0 Å². The lowest BCUT2D eigenvalue weighted by Crippen LogP contribution is -2.53. The minimum absolute atomic E-state index is 0.00523. The minimum atomic E-state index is -0.126. The van der Waals surface area contributed by atoms with Gasteiger partial charge in [-0.05, 0) is 37.8 Å². The minimum Gasteiger partial charge on any atom is -0.347 e. The first kappa shape index (κ1) is 15.3. The summed E-state index contributed by atoms with van der Waals surface area (Å²) < 4.78 is 0. The highest BCUT2D eigenvalue weighted by molar-refractivity contribution is 6.29. The molecule has 1 saturated carbocycles. The van der Waals surface area contributed by atoms with Crippen LogP contribution >= 0.6 is 11.6 Å². The Hall–Kier alpha value is -1.09. The van der Waals surface area contributed by atoms with Gasteiger partial charge in [0.2, 0.25) is 0 Å². The number of aromatic nitrogens is 1. The fourth-order valence-electron chi connectivity index (χ4n) is 2.50. The van der Waals surface area contributed by atoms with Crippen LogP contribution in [-0.4, -0.2) is 16.4 Å². The van der Waals surface area contributed by atoms with Crippen LogP contribution in [0.2, 0.25) is 5.15 Å². The molecular weight excluding hydrogens is 272 g/mol. The standard InChI is InChI=1S/C16H23ClN2O/c1-5-16(7-6-8-16)19-14(20)11-9-12(15(2,3)4)18-13(17)10-11/h9-10H,5-8H2,1-4H3,(H,19,20). The van der Waals surface area contributed by atoms with Crippen molar-refractivity contribution in [2.75, 3.05) is 0 Å². The first-order chi connectivity index (χ1) is 9.26. The van der Waals surface area contributed by atoms with E-state index in [1.807, 2.05) is 6.07 Å². The smallest absolute Gasteiger partial charge is 0.251 e. The van der Waals surface area contributed by atoms with E-state index in [1.165, 1.54) is 6.42 Å². The average Bonchev–Trinajstić information content (AvgIpc) is 2.31. The quantitative estimate of drug-likeness (QED) is 0.853. The summed E-state index contributed by atoms with van der Waals surface area (Å²) in [6.45, 7) is 8.31. The average molecular weight is 295 g/mol. The zero-order chi connectivity index (χ0) is 15.0. The molecule has 0 aromatic carbocycles. The molecule has 110 valence electrons. The highest BCUT2D eigenvalue weighted by Gasteiger charge is 2.36. The summed E-state index contributed by atoms with van der Waals surface area (Å²) in [4.78, 5) is 16.8. The van der Waals surface area contributed by atoms with Gasteiger partial charge in [-0.1, -0.05) is 39.3 Å². The van der Waals surface area contributed by atoms with Crippen molar-refractivity contribution in [2.45, 2.75) is 64.3 Å². The summed E-state index contributed by atoms with van der Waals surface area (Å²) in [6.07, 6.45) is 4.31. The lowest BCUT2D eigenvalue weighted by atomic mass is 9.74. The Kier molecular flexibility index (Phi) is 4.10. The summed E-state index contributed by atoms with van der Waals surface area (Å²) >= 11 is 6.06. The Bertz CT molecular complexity index is 510. The number of nitrogens with zero attached hydrogens (tertiary/aromatic N) is 1. The van der Waals surface area contributed by atoms with Crippen LogP contribution in [0, 0.1) is 0 Å². The van der Waals surface area contributed by atoms with Crippen molar-refractivity contribution in [2.24, 2.45) is 0 Å². The third-order valence-electron chi connectivity index (χ3n) is 4.19. The molecule has 1 N–H and O–H groups in total. The SMILES string of the molecule is CCC1(NC(=O)c2cc(Cl)nc(C(C)(C)C)c2)CCC1. The zero-order valence-corrected chi connectivity index (χ0v) is 13.5. The van der Waals surface area contributed by atoms with Crippen molar-refractivity contribution >= 4 is 17.5 Å². The predicted octanol–water partition coefficient (Wildman–Crippen LogP) is 4.10. The van der Waals surface area contributed by atoms with Gasteiger partial charge < -0.3 is 5.32 Å². The first-order valence-electron chi connectivity index (χ1n) is 7.26. The number of pyridine rings is 1. The van der Waals surface area contributed by atoms with Gasteiger partial charge in [0.05, 0.1) is 0 Å². The summed E-state index contributed by atoms with van der Waals surface area (Å²) in [7, 11) is 0. The van der Waals surface area contributed by atoms with Crippen LogP contribution in [0.4, 0.5) is 0 Å². The first-order valence-corrected chi connectivity index (χ1v) is 7.64. The van der Waals surface area contributed by atoms with Gasteiger partial charge in [0.25, 0.3) is 5.91 Å². The normalized spacial score (nSPS) is 17.4. The maximum absolute atomic E-state index is 12.4. The van der Waals surface area contributed by atoms with E-state index in [0.29, 0.717) is 10.7 Å². The lowest BCUT2D eigenvalue weighted by molar-refractivity contribution is 0.0820. The van der Waals surface area contributed by atoms with Crippen molar-refractivity contribution in [3.05, 3.63) is 28.5 Å². The molecule has 1 aromatic rings. The van der Waals surface area contributed by atoms with Gasteiger partial charge >= 0.3 is 0 Å². The molecule has 0 saturated heterocycles. The Balaban J connectivity index is 2.24. The number of carbonyl (C=O) groups is 1. The molecular formula is C16H23ClN2O. The van der Waals surface area contributed by atoms with E-state index in [9.17, 15) is 4.79 Å². The fourth-order valence-corrected chi connectivity index (χ4v) is 2.70. The van der Waals surface area contributed by atoms with E-state index in [2.05, 4.69) is 38.0 Å². The van der Waals surface area contributed by atoms with Crippen LogP contribution in [0.15, 0.2) is 12.1 Å².